The van der Waals surface area contributed by atoms with Crippen LogP contribution < -0.4 is 15.3 Å². The summed E-state index contributed by atoms with van der Waals surface area (Å²) in [5.41, 5.74) is 3.49. The molecule has 0 amide bonds. The van der Waals surface area contributed by atoms with Gasteiger partial charge in [-0.1, -0.05) is 37.3 Å². The minimum atomic E-state index is 0.162. The molecule has 160 valence electrons. The van der Waals surface area contributed by atoms with Crippen LogP contribution in [0.25, 0.3) is 0 Å². The second-order valence-electron chi connectivity index (χ2n) is 8.45. The zero-order valence-electron chi connectivity index (χ0n) is 17.9. The van der Waals surface area contributed by atoms with Gasteiger partial charge in [0.25, 0.3) is 0 Å². The summed E-state index contributed by atoms with van der Waals surface area (Å²) < 4.78 is 0. The van der Waals surface area contributed by atoms with Crippen molar-refractivity contribution in [3.05, 3.63) is 72.4 Å². The molecule has 1 N–H and O–H groups in total. The average Bonchev–Trinajstić information content (AvgIpc) is 3.31. The highest BCUT2D eigenvalue weighted by Crippen LogP contribution is 2.34. The van der Waals surface area contributed by atoms with Gasteiger partial charge in [0.15, 0.2) is 5.82 Å². The van der Waals surface area contributed by atoms with E-state index < -0.39 is 0 Å². The minimum absolute atomic E-state index is 0.162. The highest BCUT2D eigenvalue weighted by Gasteiger charge is 2.29. The number of hydrogen-bond acceptors (Lipinski definition) is 6. The second-order valence-corrected chi connectivity index (χ2v) is 8.45. The largest absolute Gasteiger partial charge is 0.372 e. The maximum Gasteiger partial charge on any atom is 0.229 e. The number of hydroxylamine groups is 1. The molecule has 5 rings (SSSR count). The van der Waals surface area contributed by atoms with Gasteiger partial charge in [-0.2, -0.15) is 4.98 Å². The molecule has 6 nitrogen and oxygen atoms in total. The SMILES string of the molecule is CC1CCN(c2ccc(Nc3nccc(N4OCC[C@H]4c4ccccc4)n3)cc2)CC1. The Morgan fingerprint density at radius 1 is 0.935 bits per heavy atom. The monoisotopic (exact) mass is 415 g/mol. The quantitative estimate of drug-likeness (QED) is 0.607. The summed E-state index contributed by atoms with van der Waals surface area (Å²) in [5.74, 6) is 2.17. The van der Waals surface area contributed by atoms with E-state index in [1.165, 1.54) is 24.1 Å². The van der Waals surface area contributed by atoms with Crippen LogP contribution in [0, 0.1) is 5.92 Å². The van der Waals surface area contributed by atoms with Crippen molar-refractivity contribution in [2.24, 2.45) is 5.92 Å². The van der Waals surface area contributed by atoms with E-state index in [4.69, 9.17) is 9.82 Å². The van der Waals surface area contributed by atoms with Crippen LogP contribution in [0.3, 0.4) is 0 Å². The molecule has 1 atom stereocenters. The van der Waals surface area contributed by atoms with E-state index in [9.17, 15) is 0 Å². The minimum Gasteiger partial charge on any atom is -0.372 e. The lowest BCUT2D eigenvalue weighted by molar-refractivity contribution is 0.157. The summed E-state index contributed by atoms with van der Waals surface area (Å²) in [5, 5.41) is 5.24. The summed E-state index contributed by atoms with van der Waals surface area (Å²) >= 11 is 0. The van der Waals surface area contributed by atoms with Crippen molar-refractivity contribution in [3.8, 4) is 0 Å². The second kappa shape index (κ2) is 8.94. The average molecular weight is 416 g/mol. The van der Waals surface area contributed by atoms with Gasteiger partial charge in [0, 0.05) is 43.1 Å². The van der Waals surface area contributed by atoms with E-state index in [1.807, 2.05) is 17.2 Å². The molecule has 2 fully saturated rings. The normalized spacial score (nSPS) is 19.6. The molecular weight excluding hydrogens is 386 g/mol. The van der Waals surface area contributed by atoms with Crippen molar-refractivity contribution < 1.29 is 4.84 Å². The summed E-state index contributed by atoms with van der Waals surface area (Å²) in [7, 11) is 0. The van der Waals surface area contributed by atoms with Crippen LogP contribution in [0.4, 0.5) is 23.1 Å². The van der Waals surface area contributed by atoms with Crippen molar-refractivity contribution in [2.75, 3.05) is 35.0 Å². The van der Waals surface area contributed by atoms with Crippen LogP contribution in [0.1, 0.15) is 37.8 Å². The van der Waals surface area contributed by atoms with Crippen molar-refractivity contribution in [1.82, 2.24) is 9.97 Å². The number of aromatic nitrogens is 2. The Hall–Kier alpha value is -3.12. The summed E-state index contributed by atoms with van der Waals surface area (Å²) in [6.07, 6.45) is 5.25. The fraction of sp³-hybridized carbons (Fsp3) is 0.360. The Bertz CT molecular complexity index is 986. The number of piperidine rings is 1. The maximum absolute atomic E-state index is 5.91. The Morgan fingerprint density at radius 3 is 2.48 bits per heavy atom. The van der Waals surface area contributed by atoms with Gasteiger partial charge in [-0.05, 0) is 48.6 Å². The van der Waals surface area contributed by atoms with Crippen LogP contribution >= 0.6 is 0 Å². The van der Waals surface area contributed by atoms with Crippen LogP contribution in [0.15, 0.2) is 66.9 Å². The zero-order chi connectivity index (χ0) is 21.0. The molecule has 2 aliphatic heterocycles. The number of hydrogen-bond donors (Lipinski definition) is 1. The Kier molecular flexibility index (Phi) is 5.71. The lowest BCUT2D eigenvalue weighted by Crippen LogP contribution is -2.32. The van der Waals surface area contributed by atoms with Gasteiger partial charge >= 0.3 is 0 Å². The lowest BCUT2D eigenvalue weighted by Gasteiger charge is -2.32. The third-order valence-corrected chi connectivity index (χ3v) is 6.23. The van der Waals surface area contributed by atoms with Crippen LogP contribution in [-0.2, 0) is 4.84 Å². The predicted octanol–water partition coefficient (Wildman–Crippen LogP) is 5.34. The van der Waals surface area contributed by atoms with E-state index in [0.717, 1.165) is 36.9 Å². The van der Waals surface area contributed by atoms with E-state index in [0.29, 0.717) is 12.6 Å². The molecule has 1 aromatic heterocycles. The van der Waals surface area contributed by atoms with Gasteiger partial charge in [0.1, 0.15) is 0 Å². The molecular formula is C25H29N5O. The van der Waals surface area contributed by atoms with E-state index in [-0.39, 0.29) is 6.04 Å². The molecule has 0 unspecified atom stereocenters. The third kappa shape index (κ3) is 4.49. The summed E-state index contributed by atoms with van der Waals surface area (Å²) in [4.78, 5) is 17.5. The van der Waals surface area contributed by atoms with Crippen LogP contribution in [0.2, 0.25) is 0 Å². The molecule has 3 heterocycles. The number of rotatable bonds is 5. The summed E-state index contributed by atoms with van der Waals surface area (Å²) in [6.45, 7) is 5.30. The Balaban J connectivity index is 1.28. The molecule has 3 aromatic rings. The first-order valence-electron chi connectivity index (χ1n) is 11.2. The lowest BCUT2D eigenvalue weighted by atomic mass is 9.99. The molecule has 0 spiro atoms. The molecule has 0 radical (unpaired) electrons. The third-order valence-electron chi connectivity index (χ3n) is 6.23. The first kappa shape index (κ1) is 19.8. The van der Waals surface area contributed by atoms with Crippen molar-refractivity contribution >= 4 is 23.1 Å². The van der Waals surface area contributed by atoms with Gasteiger partial charge < -0.3 is 10.2 Å². The van der Waals surface area contributed by atoms with Gasteiger partial charge in [0.2, 0.25) is 5.95 Å². The molecule has 2 aromatic carbocycles. The van der Waals surface area contributed by atoms with Crippen molar-refractivity contribution in [2.45, 2.75) is 32.2 Å². The number of nitrogens with one attached hydrogen (secondary N) is 1. The Labute approximate surface area is 183 Å². The van der Waals surface area contributed by atoms with E-state index in [1.54, 1.807) is 6.20 Å². The Morgan fingerprint density at radius 2 is 1.71 bits per heavy atom. The van der Waals surface area contributed by atoms with Gasteiger partial charge in [-0.25, -0.2) is 10.0 Å². The fourth-order valence-electron chi connectivity index (χ4n) is 4.36. The highest BCUT2D eigenvalue weighted by molar-refractivity contribution is 5.60. The predicted molar refractivity (Wildman–Crippen MR) is 125 cm³/mol. The molecule has 0 saturated carbocycles. The van der Waals surface area contributed by atoms with Gasteiger partial charge in [-0.3, -0.25) is 4.84 Å². The molecule has 6 heteroatoms. The van der Waals surface area contributed by atoms with Crippen molar-refractivity contribution in [1.29, 1.82) is 0 Å². The molecule has 0 aliphatic carbocycles. The smallest absolute Gasteiger partial charge is 0.229 e. The topological polar surface area (TPSA) is 53.5 Å². The molecule has 2 saturated heterocycles. The first-order valence-corrected chi connectivity index (χ1v) is 11.2. The van der Waals surface area contributed by atoms with E-state index >= 15 is 0 Å². The van der Waals surface area contributed by atoms with Gasteiger partial charge in [-0.15, -0.1) is 0 Å². The standard InChI is InChI=1S/C25H29N5O/c1-19-12-16-29(17-13-19)22-9-7-21(8-10-22)27-25-26-15-11-24(28-25)30-23(14-18-31-30)20-5-3-2-4-6-20/h2-11,15,19,23H,12-14,16-18H2,1H3,(H,26,27,28)/t23-/m0/s1. The highest BCUT2D eigenvalue weighted by atomic mass is 16.7. The molecule has 2 aliphatic rings. The zero-order valence-corrected chi connectivity index (χ0v) is 17.9. The maximum atomic E-state index is 5.91. The molecule has 31 heavy (non-hydrogen) atoms. The van der Waals surface area contributed by atoms with E-state index in [2.05, 4.69) is 70.7 Å². The van der Waals surface area contributed by atoms with Crippen molar-refractivity contribution in [3.63, 3.8) is 0 Å². The summed E-state index contributed by atoms with van der Waals surface area (Å²) in [6, 6.07) is 21.0. The fourth-order valence-corrected chi connectivity index (χ4v) is 4.36. The number of benzene rings is 2. The van der Waals surface area contributed by atoms with Gasteiger partial charge in [0.05, 0.1) is 12.6 Å². The number of nitrogens with zero attached hydrogens (tertiary/aromatic N) is 4. The molecule has 0 bridgehead atoms. The van der Waals surface area contributed by atoms with Crippen LogP contribution in [-0.4, -0.2) is 29.7 Å². The number of anilines is 4. The van der Waals surface area contributed by atoms with Crippen LogP contribution in [0.5, 0.6) is 0 Å². The first-order chi connectivity index (χ1) is 15.3.